The largest absolute Gasteiger partial charge is 0.377 e. The van der Waals surface area contributed by atoms with E-state index in [0.29, 0.717) is 11.5 Å². The molecule has 2 unspecified atom stereocenters. The maximum Gasteiger partial charge on any atom is 0.0594 e. The third-order valence-corrected chi connectivity index (χ3v) is 4.32. The van der Waals surface area contributed by atoms with Crippen LogP contribution in [0.4, 0.5) is 0 Å². The summed E-state index contributed by atoms with van der Waals surface area (Å²) < 4.78 is 6.02. The highest BCUT2D eigenvalue weighted by atomic mass is 16.5. The molecule has 1 saturated heterocycles. The molecule has 2 aliphatic rings. The smallest absolute Gasteiger partial charge is 0.0594 e. The van der Waals surface area contributed by atoms with Crippen LogP contribution in [-0.4, -0.2) is 43.9 Å². The number of nitrogens with two attached hydrogens (primary N) is 1. The highest BCUT2D eigenvalue weighted by Crippen LogP contribution is 2.36. The van der Waals surface area contributed by atoms with Gasteiger partial charge >= 0.3 is 0 Å². The molecule has 0 spiro atoms. The van der Waals surface area contributed by atoms with Crippen LogP contribution in [0.1, 0.15) is 40.0 Å². The monoisotopic (exact) mass is 269 g/mol. The van der Waals surface area contributed by atoms with Crippen LogP contribution < -0.4 is 11.2 Å². The van der Waals surface area contributed by atoms with Gasteiger partial charge in [-0.25, -0.2) is 5.01 Å². The Kier molecular flexibility index (Phi) is 5.23. The van der Waals surface area contributed by atoms with Crippen molar-refractivity contribution in [2.45, 2.75) is 46.1 Å². The molecule has 0 bridgehead atoms. The van der Waals surface area contributed by atoms with Crippen LogP contribution in [0, 0.1) is 17.3 Å². The number of rotatable bonds is 5. The second-order valence-electron chi connectivity index (χ2n) is 7.52. The molecule has 19 heavy (non-hydrogen) atoms. The summed E-state index contributed by atoms with van der Waals surface area (Å²) in [4.78, 5) is 0. The maximum atomic E-state index is 6.02. The van der Waals surface area contributed by atoms with E-state index in [1.165, 1.54) is 19.3 Å². The maximum absolute atomic E-state index is 6.02. The topological polar surface area (TPSA) is 50.5 Å². The fourth-order valence-corrected chi connectivity index (χ4v) is 3.34. The standard InChI is InChI=1S/C15H31N3O/c1-15(2,3)11-17-6-7-19-14-5-4-12-9-18(16)10-13(12)8-14/h12-14,17H,4-11,16H2,1-3H3/t12?,13-,14?/m1/s1. The van der Waals surface area contributed by atoms with E-state index in [1.807, 2.05) is 5.01 Å². The minimum absolute atomic E-state index is 0.354. The molecule has 3 atom stereocenters. The van der Waals surface area contributed by atoms with Gasteiger partial charge in [0.2, 0.25) is 0 Å². The van der Waals surface area contributed by atoms with E-state index in [2.05, 4.69) is 26.1 Å². The normalized spacial score (nSPS) is 32.5. The first-order chi connectivity index (χ1) is 8.94. The van der Waals surface area contributed by atoms with Crippen molar-refractivity contribution in [3.63, 3.8) is 0 Å². The predicted octanol–water partition coefficient (Wildman–Crippen LogP) is 1.61. The van der Waals surface area contributed by atoms with Crippen LogP contribution >= 0.6 is 0 Å². The fourth-order valence-electron chi connectivity index (χ4n) is 3.34. The van der Waals surface area contributed by atoms with Gasteiger partial charge in [-0.15, -0.1) is 0 Å². The molecule has 1 saturated carbocycles. The third kappa shape index (κ3) is 5.03. The Morgan fingerprint density at radius 3 is 2.68 bits per heavy atom. The van der Waals surface area contributed by atoms with Crippen LogP contribution in [0.3, 0.4) is 0 Å². The molecule has 1 heterocycles. The Hall–Kier alpha value is -0.160. The number of hydrogen-bond donors (Lipinski definition) is 2. The van der Waals surface area contributed by atoms with Crippen molar-refractivity contribution in [3.05, 3.63) is 0 Å². The van der Waals surface area contributed by atoms with E-state index in [-0.39, 0.29) is 0 Å². The molecule has 0 aromatic carbocycles. The fraction of sp³-hybridized carbons (Fsp3) is 1.00. The molecule has 0 aromatic rings. The molecular formula is C15H31N3O. The number of nitrogens with one attached hydrogen (secondary N) is 1. The quantitative estimate of drug-likeness (QED) is 0.588. The minimum Gasteiger partial charge on any atom is -0.377 e. The van der Waals surface area contributed by atoms with E-state index in [4.69, 9.17) is 10.6 Å². The van der Waals surface area contributed by atoms with Gasteiger partial charge in [0.25, 0.3) is 0 Å². The lowest BCUT2D eigenvalue weighted by atomic mass is 9.80. The first-order valence-corrected chi connectivity index (χ1v) is 7.76. The number of nitrogens with zero attached hydrogens (tertiary/aromatic N) is 1. The van der Waals surface area contributed by atoms with Gasteiger partial charge < -0.3 is 10.1 Å². The first kappa shape index (κ1) is 15.2. The van der Waals surface area contributed by atoms with Crippen LogP contribution in [-0.2, 0) is 4.74 Å². The Balaban J connectivity index is 1.57. The number of hydrogen-bond acceptors (Lipinski definition) is 4. The molecule has 3 N–H and O–H groups in total. The zero-order valence-corrected chi connectivity index (χ0v) is 12.8. The highest BCUT2D eigenvalue weighted by Gasteiger charge is 2.36. The molecule has 2 fully saturated rings. The Labute approximate surface area is 118 Å². The predicted molar refractivity (Wildman–Crippen MR) is 78.7 cm³/mol. The van der Waals surface area contributed by atoms with Crippen molar-refractivity contribution in [2.75, 3.05) is 32.8 Å². The van der Waals surface area contributed by atoms with Gasteiger partial charge in [-0.3, -0.25) is 5.84 Å². The van der Waals surface area contributed by atoms with Crippen LogP contribution in [0.25, 0.3) is 0 Å². The lowest BCUT2D eigenvalue weighted by Gasteiger charge is -2.31. The van der Waals surface area contributed by atoms with E-state index in [0.717, 1.165) is 44.6 Å². The minimum atomic E-state index is 0.354. The van der Waals surface area contributed by atoms with E-state index in [9.17, 15) is 0 Å². The number of ether oxygens (including phenoxy) is 1. The van der Waals surface area contributed by atoms with E-state index >= 15 is 0 Å². The van der Waals surface area contributed by atoms with E-state index in [1.54, 1.807) is 0 Å². The van der Waals surface area contributed by atoms with Gasteiger partial charge in [0.15, 0.2) is 0 Å². The second-order valence-corrected chi connectivity index (χ2v) is 7.52. The molecule has 1 aliphatic carbocycles. The zero-order chi connectivity index (χ0) is 13.9. The molecule has 2 rings (SSSR count). The molecule has 4 heteroatoms. The molecular weight excluding hydrogens is 238 g/mol. The Morgan fingerprint density at radius 2 is 1.95 bits per heavy atom. The van der Waals surface area contributed by atoms with Crippen molar-refractivity contribution in [1.29, 1.82) is 0 Å². The average molecular weight is 269 g/mol. The van der Waals surface area contributed by atoms with Gasteiger partial charge in [-0.2, -0.15) is 0 Å². The van der Waals surface area contributed by atoms with Crippen molar-refractivity contribution >= 4 is 0 Å². The summed E-state index contributed by atoms with van der Waals surface area (Å²) in [6.07, 6.45) is 4.17. The zero-order valence-electron chi connectivity index (χ0n) is 12.8. The van der Waals surface area contributed by atoms with Gasteiger partial charge in [0.05, 0.1) is 12.7 Å². The summed E-state index contributed by atoms with van der Waals surface area (Å²) in [7, 11) is 0. The summed E-state index contributed by atoms with van der Waals surface area (Å²) in [6, 6.07) is 0. The third-order valence-electron chi connectivity index (χ3n) is 4.32. The lowest BCUT2D eigenvalue weighted by Crippen LogP contribution is -2.33. The molecule has 0 radical (unpaired) electrons. The van der Waals surface area contributed by atoms with Gasteiger partial charge in [-0.05, 0) is 36.5 Å². The molecule has 112 valence electrons. The van der Waals surface area contributed by atoms with Gasteiger partial charge in [-0.1, -0.05) is 20.8 Å². The van der Waals surface area contributed by atoms with Gasteiger partial charge in [0.1, 0.15) is 0 Å². The molecule has 0 amide bonds. The second kappa shape index (κ2) is 6.53. The van der Waals surface area contributed by atoms with Gasteiger partial charge in [0, 0.05) is 26.2 Å². The summed E-state index contributed by atoms with van der Waals surface area (Å²) in [5, 5.41) is 5.45. The molecule has 1 aliphatic heterocycles. The van der Waals surface area contributed by atoms with Crippen molar-refractivity contribution in [3.8, 4) is 0 Å². The first-order valence-electron chi connectivity index (χ1n) is 7.76. The highest BCUT2D eigenvalue weighted by molar-refractivity contribution is 4.88. The molecule has 0 aromatic heterocycles. The Morgan fingerprint density at radius 1 is 1.21 bits per heavy atom. The average Bonchev–Trinajstić information content (AvgIpc) is 2.66. The Bertz CT molecular complexity index is 277. The van der Waals surface area contributed by atoms with Crippen LogP contribution in [0.5, 0.6) is 0 Å². The van der Waals surface area contributed by atoms with Crippen molar-refractivity contribution < 1.29 is 4.74 Å². The van der Waals surface area contributed by atoms with E-state index < -0.39 is 0 Å². The summed E-state index contributed by atoms with van der Waals surface area (Å²) in [6.45, 7) is 11.8. The van der Waals surface area contributed by atoms with Crippen LogP contribution in [0.2, 0.25) is 0 Å². The summed E-state index contributed by atoms with van der Waals surface area (Å²) in [5.74, 6) is 7.50. The van der Waals surface area contributed by atoms with Crippen molar-refractivity contribution in [2.24, 2.45) is 23.1 Å². The summed E-state index contributed by atoms with van der Waals surface area (Å²) >= 11 is 0. The van der Waals surface area contributed by atoms with Crippen LogP contribution in [0.15, 0.2) is 0 Å². The number of hydrazine groups is 1. The summed E-state index contributed by atoms with van der Waals surface area (Å²) in [5.41, 5.74) is 0.354. The molecule has 4 nitrogen and oxygen atoms in total. The lowest BCUT2D eigenvalue weighted by molar-refractivity contribution is 0.00686. The SMILES string of the molecule is CC(C)(C)CNCCOC1CCC2CN(N)C[C@H]2C1. The number of fused-ring (bicyclic) bond motifs is 1. The van der Waals surface area contributed by atoms with Crippen molar-refractivity contribution in [1.82, 2.24) is 10.3 Å².